The van der Waals surface area contributed by atoms with Crippen LogP contribution in [-0.2, 0) is 75.2 Å². The molecule has 2 aromatic rings. The van der Waals surface area contributed by atoms with Crippen LogP contribution in [0.3, 0.4) is 0 Å². The summed E-state index contributed by atoms with van der Waals surface area (Å²) in [6.07, 6.45) is 3.12. The summed E-state index contributed by atoms with van der Waals surface area (Å²) >= 11 is 1.45. The second kappa shape index (κ2) is 41.0. The van der Waals surface area contributed by atoms with Gasteiger partial charge in [-0.15, -0.1) is 0 Å². The molecule has 2 saturated heterocycles. The van der Waals surface area contributed by atoms with E-state index < -0.39 is 169 Å². The van der Waals surface area contributed by atoms with Crippen molar-refractivity contribution in [1.82, 2.24) is 52.3 Å². The minimum Gasteiger partial charge on any atom is -0.370 e. The molecular formula is C63H98N18O13S. The lowest BCUT2D eigenvalue weighted by Gasteiger charge is -2.32. The fourth-order valence-electron chi connectivity index (χ4n) is 11.0. The quantitative estimate of drug-likeness (QED) is 0.0173. The number of hydrogen-bond acceptors (Lipinski definition) is 17. The van der Waals surface area contributed by atoms with Crippen molar-refractivity contribution in [2.24, 2.45) is 51.0 Å². The maximum absolute atomic E-state index is 14.7. The van der Waals surface area contributed by atoms with Crippen molar-refractivity contribution < 1.29 is 62.3 Å². The molecule has 10 atom stereocenters. The third-order valence-electron chi connectivity index (χ3n) is 16.0. The molecule has 2 aliphatic heterocycles. The number of nitrogens with two attached hydrogens (primary N) is 7. The van der Waals surface area contributed by atoms with E-state index in [0.29, 0.717) is 55.4 Å². The summed E-state index contributed by atoms with van der Waals surface area (Å²) in [5.41, 5.74) is 40.6. The van der Waals surface area contributed by atoms with Crippen molar-refractivity contribution in [1.29, 1.82) is 0 Å². The number of amides is 13. The molecule has 524 valence electrons. The number of likely N-dealkylation sites (tertiary alicyclic amines) is 2. The van der Waals surface area contributed by atoms with E-state index in [9.17, 15) is 62.3 Å². The second-order valence-corrected chi connectivity index (χ2v) is 25.1. The van der Waals surface area contributed by atoms with Crippen LogP contribution in [0.5, 0.6) is 0 Å². The van der Waals surface area contributed by atoms with Gasteiger partial charge in [0.25, 0.3) is 0 Å². The molecule has 32 heteroatoms. The number of hydrogen-bond donors (Lipinski definition) is 15. The lowest BCUT2D eigenvalue weighted by molar-refractivity contribution is -0.144. The number of guanidine groups is 1. The second-order valence-electron chi connectivity index (χ2n) is 24.1. The van der Waals surface area contributed by atoms with Crippen LogP contribution in [0.1, 0.15) is 121 Å². The fraction of sp³-hybridized carbons (Fsp3) is 0.587. The molecule has 2 heterocycles. The van der Waals surface area contributed by atoms with E-state index in [1.54, 1.807) is 60.7 Å². The predicted octanol–water partition coefficient (Wildman–Crippen LogP) is -3.71. The van der Waals surface area contributed by atoms with Gasteiger partial charge in [-0.1, -0.05) is 74.5 Å². The molecule has 0 saturated carbocycles. The molecule has 0 aromatic heterocycles. The SMILES string of the molecule is CSCC[C@H](NC(=O)[C@H](CC(C)C)NC(=O)CNC(=O)[C@H](Cc1ccccc1)NC(=O)[C@@H](Cc1ccccc1)NC(=O)[C@@H](CCC(N)=O)NC(=O)[C@@H](CCC(N)=O)NC(=O)[C@@H]1CCCN1C(=O)[C@@H](CCCCN)NC(=O)[C@H]1CCCN1C(=O)[C@H](N)CCCN=C(N)N)C(N)=O. The molecule has 0 unspecified atom stereocenters. The van der Waals surface area contributed by atoms with Gasteiger partial charge in [0, 0.05) is 45.3 Å². The van der Waals surface area contributed by atoms with E-state index in [0.717, 1.165) is 0 Å². The van der Waals surface area contributed by atoms with Gasteiger partial charge in [-0.05, 0) is 119 Å². The molecular weight excluding hydrogens is 1250 g/mol. The van der Waals surface area contributed by atoms with Crippen LogP contribution in [0.4, 0.5) is 0 Å². The van der Waals surface area contributed by atoms with E-state index in [1.807, 2.05) is 20.1 Å². The highest BCUT2D eigenvalue weighted by atomic mass is 32.2. The smallest absolute Gasteiger partial charge is 0.245 e. The minimum atomic E-state index is -1.64. The number of unbranched alkanes of at least 4 members (excludes halogenated alkanes) is 1. The number of carbonyl (C=O) groups excluding carboxylic acids is 13. The average molecular weight is 1350 g/mol. The summed E-state index contributed by atoms with van der Waals surface area (Å²) < 4.78 is 0. The molecule has 4 rings (SSSR count). The summed E-state index contributed by atoms with van der Waals surface area (Å²) in [5.74, 6) is -9.80. The maximum atomic E-state index is 14.7. The topological polar surface area (TPSA) is 519 Å². The molecule has 0 aliphatic carbocycles. The molecule has 95 heavy (non-hydrogen) atoms. The van der Waals surface area contributed by atoms with Crippen LogP contribution in [0.25, 0.3) is 0 Å². The van der Waals surface area contributed by atoms with Gasteiger partial charge in [0.2, 0.25) is 76.8 Å². The van der Waals surface area contributed by atoms with Gasteiger partial charge < -0.3 is 92.5 Å². The van der Waals surface area contributed by atoms with E-state index in [1.165, 1.54) is 21.6 Å². The number of primary amides is 3. The summed E-state index contributed by atoms with van der Waals surface area (Å²) in [7, 11) is 0. The van der Waals surface area contributed by atoms with Crippen LogP contribution >= 0.6 is 11.8 Å². The van der Waals surface area contributed by atoms with Crippen molar-refractivity contribution in [3.05, 3.63) is 71.8 Å². The van der Waals surface area contributed by atoms with Gasteiger partial charge in [-0.3, -0.25) is 67.3 Å². The maximum Gasteiger partial charge on any atom is 0.245 e. The number of thioether (sulfide) groups is 1. The number of carbonyl (C=O) groups is 13. The number of aliphatic imine (C=N–C) groups is 1. The fourth-order valence-corrected chi connectivity index (χ4v) is 11.5. The van der Waals surface area contributed by atoms with Gasteiger partial charge in [-0.25, -0.2) is 0 Å². The molecule has 0 spiro atoms. The normalized spacial score (nSPS) is 16.8. The highest BCUT2D eigenvalue weighted by molar-refractivity contribution is 7.98. The molecule has 0 radical (unpaired) electrons. The van der Waals surface area contributed by atoms with Crippen LogP contribution < -0.4 is 82.7 Å². The van der Waals surface area contributed by atoms with Crippen molar-refractivity contribution in [3.63, 3.8) is 0 Å². The first kappa shape index (κ1) is 78.5. The minimum absolute atomic E-state index is 0.0736. The summed E-state index contributed by atoms with van der Waals surface area (Å²) in [6.45, 7) is 3.86. The Hall–Kier alpha value is -8.91. The molecule has 2 fully saturated rings. The third kappa shape index (κ3) is 27.5. The van der Waals surface area contributed by atoms with E-state index in [-0.39, 0.29) is 83.0 Å². The zero-order valence-electron chi connectivity index (χ0n) is 54.5. The van der Waals surface area contributed by atoms with Crippen LogP contribution in [0, 0.1) is 5.92 Å². The van der Waals surface area contributed by atoms with Crippen LogP contribution in [0.15, 0.2) is 65.7 Å². The first-order chi connectivity index (χ1) is 45.2. The van der Waals surface area contributed by atoms with Gasteiger partial charge in [0.1, 0.15) is 54.4 Å². The van der Waals surface area contributed by atoms with Gasteiger partial charge in [0.15, 0.2) is 5.96 Å². The molecule has 31 nitrogen and oxygen atoms in total. The van der Waals surface area contributed by atoms with Gasteiger partial charge in [-0.2, -0.15) is 11.8 Å². The lowest BCUT2D eigenvalue weighted by atomic mass is 10.0. The van der Waals surface area contributed by atoms with Crippen LogP contribution in [-0.4, -0.2) is 198 Å². The molecule has 2 aliphatic rings. The molecule has 22 N–H and O–H groups in total. The van der Waals surface area contributed by atoms with Crippen molar-refractivity contribution in [2.45, 2.75) is 183 Å². The monoisotopic (exact) mass is 1350 g/mol. The Balaban J connectivity index is 1.56. The van der Waals surface area contributed by atoms with Gasteiger partial charge in [0.05, 0.1) is 12.6 Å². The molecule has 0 bridgehead atoms. The van der Waals surface area contributed by atoms with Gasteiger partial charge >= 0.3 is 0 Å². The lowest BCUT2D eigenvalue weighted by Crippen LogP contribution is -2.60. The third-order valence-corrected chi connectivity index (χ3v) is 16.7. The number of nitrogens with one attached hydrogen (secondary N) is 8. The van der Waals surface area contributed by atoms with E-state index >= 15 is 0 Å². The van der Waals surface area contributed by atoms with Crippen LogP contribution in [0.2, 0.25) is 0 Å². The number of rotatable bonds is 42. The Morgan fingerprint density at radius 3 is 1.51 bits per heavy atom. The van der Waals surface area contributed by atoms with Crippen molar-refractivity contribution >= 4 is 94.5 Å². The molecule has 13 amide bonds. The Labute approximate surface area is 558 Å². The Morgan fingerprint density at radius 2 is 1.01 bits per heavy atom. The number of nitrogens with zero attached hydrogens (tertiary/aromatic N) is 3. The first-order valence-electron chi connectivity index (χ1n) is 32.2. The van der Waals surface area contributed by atoms with E-state index in [2.05, 4.69) is 47.5 Å². The largest absolute Gasteiger partial charge is 0.370 e. The molecule has 2 aromatic carbocycles. The Morgan fingerprint density at radius 1 is 0.537 bits per heavy atom. The summed E-state index contributed by atoms with van der Waals surface area (Å²) in [6, 6.07) is 4.51. The highest BCUT2D eigenvalue weighted by Gasteiger charge is 2.42. The Kier molecular flexibility index (Phi) is 33.9. The first-order valence-corrected chi connectivity index (χ1v) is 33.6. The zero-order chi connectivity index (χ0) is 70.1. The summed E-state index contributed by atoms with van der Waals surface area (Å²) in [4.78, 5) is 185. The number of benzene rings is 2. The van der Waals surface area contributed by atoms with Crippen molar-refractivity contribution in [3.8, 4) is 0 Å². The van der Waals surface area contributed by atoms with Crippen molar-refractivity contribution in [2.75, 3.05) is 44.7 Å². The standard InChI is InChI=1S/C63H98N18O13S/c1-37(2)33-45(57(89)74-41(53(68)85)27-32-95-3)73-52(84)36-72-54(86)46(34-38-15-6-4-7-16-38)78-58(90)47(35-39-17-8-5-9-18-39)79-56(88)42(23-25-50(66)82)75-55(87)43(24-26-51(67)83)76-59(91)49-22-14-31-81(49)62(94)44(20-10-11-28-64)77-60(92)48-21-13-30-80(48)61(93)40(65)19-12-29-71-63(69)70/h4-9,15-18,37,40-49H,10-14,19-36,64-65H2,1-3H3,(H2,66,82)(H2,67,83)(H2,68,85)(H,72,86)(H,73,84)(H,74,89)(H,75,87)(H,76,91)(H,77,92)(H,78,90)(H,79,88)(H4,69,70,71)/t40-,41+,42-,43-,44-,45+,46+,47-,48-,49+/m1/s1. The zero-order valence-corrected chi connectivity index (χ0v) is 55.3. The van der Waals surface area contributed by atoms with E-state index in [4.69, 9.17) is 40.1 Å². The Bertz CT molecular complexity index is 2960. The average Bonchev–Trinajstić information content (AvgIpc) is 1.74. The predicted molar refractivity (Wildman–Crippen MR) is 356 cm³/mol. The summed E-state index contributed by atoms with van der Waals surface area (Å²) in [5, 5.41) is 21.1. The highest BCUT2D eigenvalue weighted by Crippen LogP contribution is 2.24.